The van der Waals surface area contributed by atoms with E-state index in [9.17, 15) is 4.79 Å². The van der Waals surface area contributed by atoms with Gasteiger partial charge < -0.3 is 20.1 Å². The molecule has 1 aromatic heterocycles. The first-order chi connectivity index (χ1) is 13.1. The van der Waals surface area contributed by atoms with Gasteiger partial charge in [-0.05, 0) is 42.5 Å². The van der Waals surface area contributed by atoms with Crippen molar-refractivity contribution >= 4 is 34.6 Å². The number of hydrogen-bond donors (Lipinski definition) is 2. The van der Waals surface area contributed by atoms with Crippen LogP contribution in [0.3, 0.4) is 0 Å². The molecule has 0 aliphatic heterocycles. The summed E-state index contributed by atoms with van der Waals surface area (Å²) >= 11 is 5.89. The molecule has 0 saturated heterocycles. The van der Waals surface area contributed by atoms with Gasteiger partial charge in [-0.15, -0.1) is 0 Å². The van der Waals surface area contributed by atoms with E-state index in [4.69, 9.17) is 21.1 Å². The second-order valence-corrected chi connectivity index (χ2v) is 6.05. The van der Waals surface area contributed by atoms with Crippen LogP contribution >= 0.6 is 11.6 Å². The zero-order valence-electron chi connectivity index (χ0n) is 14.8. The molecular formula is C20H18ClN3O3. The molecule has 0 radical (unpaired) electrons. The van der Waals surface area contributed by atoms with E-state index in [1.807, 2.05) is 12.1 Å². The van der Waals surface area contributed by atoms with E-state index in [1.165, 1.54) is 6.20 Å². The summed E-state index contributed by atoms with van der Waals surface area (Å²) in [6.45, 7) is 0. The standard InChI is InChI=1S/C20H18ClN3O3/c1-26-18-8-7-16(10-19(18)27-2)24-20(25)13-9-17(12-22-11-13)23-15-5-3-14(21)4-6-15/h3-12,23H,1-2H3,(H,24,25). The Labute approximate surface area is 162 Å². The summed E-state index contributed by atoms with van der Waals surface area (Å²) in [5.74, 6) is 0.840. The number of nitrogens with zero attached hydrogens (tertiary/aromatic N) is 1. The number of anilines is 3. The summed E-state index contributed by atoms with van der Waals surface area (Å²) in [5, 5.41) is 6.66. The second kappa shape index (κ2) is 8.42. The third-order valence-corrected chi connectivity index (χ3v) is 4.03. The van der Waals surface area contributed by atoms with Crippen molar-refractivity contribution in [2.75, 3.05) is 24.9 Å². The molecule has 3 aromatic rings. The van der Waals surface area contributed by atoms with E-state index in [-0.39, 0.29) is 5.91 Å². The molecular weight excluding hydrogens is 366 g/mol. The molecule has 6 nitrogen and oxygen atoms in total. The first-order valence-corrected chi connectivity index (χ1v) is 8.48. The van der Waals surface area contributed by atoms with Gasteiger partial charge in [0.2, 0.25) is 0 Å². The van der Waals surface area contributed by atoms with Crippen LogP contribution in [-0.2, 0) is 0 Å². The van der Waals surface area contributed by atoms with E-state index in [0.29, 0.717) is 33.5 Å². The van der Waals surface area contributed by atoms with Gasteiger partial charge in [0.25, 0.3) is 5.91 Å². The summed E-state index contributed by atoms with van der Waals surface area (Å²) in [5.41, 5.74) is 2.55. The topological polar surface area (TPSA) is 72.5 Å². The third-order valence-electron chi connectivity index (χ3n) is 3.77. The number of carbonyl (C=O) groups is 1. The predicted octanol–water partition coefficient (Wildman–Crippen LogP) is 4.75. The Morgan fingerprint density at radius 3 is 2.30 bits per heavy atom. The summed E-state index contributed by atoms with van der Waals surface area (Å²) in [4.78, 5) is 16.7. The molecule has 2 N–H and O–H groups in total. The lowest BCUT2D eigenvalue weighted by Gasteiger charge is -2.11. The van der Waals surface area contributed by atoms with Crippen molar-refractivity contribution in [3.05, 3.63) is 71.5 Å². The Morgan fingerprint density at radius 2 is 1.59 bits per heavy atom. The van der Waals surface area contributed by atoms with Gasteiger partial charge in [-0.25, -0.2) is 0 Å². The maximum Gasteiger partial charge on any atom is 0.257 e. The van der Waals surface area contributed by atoms with Crippen molar-refractivity contribution in [1.29, 1.82) is 0 Å². The molecule has 3 rings (SSSR count). The van der Waals surface area contributed by atoms with Crippen LogP contribution in [0, 0.1) is 0 Å². The Kier molecular flexibility index (Phi) is 5.78. The lowest BCUT2D eigenvalue weighted by molar-refractivity contribution is 0.102. The molecule has 1 heterocycles. The van der Waals surface area contributed by atoms with Gasteiger partial charge in [-0.3, -0.25) is 9.78 Å². The number of nitrogens with one attached hydrogen (secondary N) is 2. The maximum atomic E-state index is 12.5. The highest BCUT2D eigenvalue weighted by molar-refractivity contribution is 6.30. The first kappa shape index (κ1) is 18.5. The fourth-order valence-corrected chi connectivity index (χ4v) is 2.58. The molecule has 27 heavy (non-hydrogen) atoms. The molecule has 0 unspecified atom stereocenters. The molecule has 1 amide bonds. The number of hydrogen-bond acceptors (Lipinski definition) is 5. The largest absolute Gasteiger partial charge is 0.493 e. The first-order valence-electron chi connectivity index (χ1n) is 8.10. The highest BCUT2D eigenvalue weighted by atomic mass is 35.5. The molecule has 0 aliphatic rings. The van der Waals surface area contributed by atoms with Crippen molar-refractivity contribution in [3.8, 4) is 11.5 Å². The molecule has 2 aromatic carbocycles. The zero-order valence-corrected chi connectivity index (χ0v) is 15.6. The summed E-state index contributed by atoms with van der Waals surface area (Å²) in [7, 11) is 3.10. The average Bonchev–Trinajstić information content (AvgIpc) is 2.70. The van der Waals surface area contributed by atoms with Crippen molar-refractivity contribution in [3.63, 3.8) is 0 Å². The number of methoxy groups -OCH3 is 2. The average molecular weight is 384 g/mol. The van der Waals surface area contributed by atoms with E-state index in [2.05, 4.69) is 15.6 Å². The highest BCUT2D eigenvalue weighted by Gasteiger charge is 2.10. The number of amides is 1. The van der Waals surface area contributed by atoms with Crippen molar-refractivity contribution in [1.82, 2.24) is 4.98 Å². The van der Waals surface area contributed by atoms with Crippen LogP contribution in [-0.4, -0.2) is 25.1 Å². The summed E-state index contributed by atoms with van der Waals surface area (Å²) < 4.78 is 10.4. The smallest absolute Gasteiger partial charge is 0.257 e. The lowest BCUT2D eigenvalue weighted by Crippen LogP contribution is -2.12. The number of pyridine rings is 1. The molecule has 0 fully saturated rings. The number of carbonyl (C=O) groups excluding carboxylic acids is 1. The minimum absolute atomic E-state index is 0.283. The number of aromatic nitrogens is 1. The molecule has 0 bridgehead atoms. The van der Waals surface area contributed by atoms with Gasteiger partial charge in [0.05, 0.1) is 31.7 Å². The van der Waals surface area contributed by atoms with Gasteiger partial charge in [0, 0.05) is 28.7 Å². The van der Waals surface area contributed by atoms with E-state index >= 15 is 0 Å². The summed E-state index contributed by atoms with van der Waals surface area (Å²) in [6.07, 6.45) is 3.14. The van der Waals surface area contributed by atoms with Crippen LogP contribution in [0.2, 0.25) is 5.02 Å². The maximum absolute atomic E-state index is 12.5. The van der Waals surface area contributed by atoms with E-state index in [1.54, 1.807) is 56.8 Å². The Hall–Kier alpha value is -3.25. The van der Waals surface area contributed by atoms with Gasteiger partial charge >= 0.3 is 0 Å². The number of halogens is 1. The minimum atomic E-state index is -0.283. The van der Waals surface area contributed by atoms with Crippen LogP contribution in [0.4, 0.5) is 17.1 Å². The zero-order chi connectivity index (χ0) is 19.2. The predicted molar refractivity (Wildman–Crippen MR) is 106 cm³/mol. The van der Waals surface area contributed by atoms with Crippen molar-refractivity contribution in [2.24, 2.45) is 0 Å². The third kappa shape index (κ3) is 4.68. The Balaban J connectivity index is 1.74. The van der Waals surface area contributed by atoms with Crippen molar-refractivity contribution in [2.45, 2.75) is 0 Å². The number of benzene rings is 2. The Bertz CT molecular complexity index is 945. The normalized spacial score (nSPS) is 10.2. The van der Waals surface area contributed by atoms with Gasteiger partial charge in [-0.1, -0.05) is 11.6 Å². The number of ether oxygens (including phenoxy) is 2. The molecule has 0 saturated carbocycles. The van der Waals surface area contributed by atoms with Crippen LogP contribution in [0.15, 0.2) is 60.9 Å². The number of rotatable bonds is 6. The Morgan fingerprint density at radius 1 is 0.889 bits per heavy atom. The molecule has 0 spiro atoms. The lowest BCUT2D eigenvalue weighted by atomic mass is 10.2. The van der Waals surface area contributed by atoms with Gasteiger partial charge in [0.15, 0.2) is 11.5 Å². The molecule has 0 aliphatic carbocycles. The highest BCUT2D eigenvalue weighted by Crippen LogP contribution is 2.30. The minimum Gasteiger partial charge on any atom is -0.493 e. The SMILES string of the molecule is COc1ccc(NC(=O)c2cncc(Nc3ccc(Cl)cc3)c2)cc1OC. The van der Waals surface area contributed by atoms with Crippen LogP contribution in [0.1, 0.15) is 10.4 Å². The monoisotopic (exact) mass is 383 g/mol. The summed E-state index contributed by atoms with van der Waals surface area (Å²) in [6, 6.07) is 14.1. The van der Waals surface area contributed by atoms with Crippen molar-refractivity contribution < 1.29 is 14.3 Å². The van der Waals surface area contributed by atoms with Gasteiger partial charge in [0.1, 0.15) is 0 Å². The van der Waals surface area contributed by atoms with Crippen LogP contribution in [0.25, 0.3) is 0 Å². The molecule has 0 atom stereocenters. The second-order valence-electron chi connectivity index (χ2n) is 5.62. The van der Waals surface area contributed by atoms with E-state index < -0.39 is 0 Å². The molecule has 7 heteroatoms. The molecule has 138 valence electrons. The van der Waals surface area contributed by atoms with Gasteiger partial charge in [-0.2, -0.15) is 0 Å². The van der Waals surface area contributed by atoms with E-state index in [0.717, 1.165) is 5.69 Å². The quantitative estimate of drug-likeness (QED) is 0.642. The van der Waals surface area contributed by atoms with Crippen LogP contribution < -0.4 is 20.1 Å². The van der Waals surface area contributed by atoms with Crippen LogP contribution in [0.5, 0.6) is 11.5 Å². The fourth-order valence-electron chi connectivity index (χ4n) is 2.45. The fraction of sp³-hybridized carbons (Fsp3) is 0.100.